The Morgan fingerprint density at radius 2 is 2.19 bits per heavy atom. The number of halogens is 1. The summed E-state index contributed by atoms with van der Waals surface area (Å²) in [7, 11) is -3.78. The fourth-order valence-electron chi connectivity index (χ4n) is 2.21. The molecule has 2 aromatic rings. The standard InChI is InChI=1S/C14H13ClN2O3S/c1-9-2-4-16-8-12(9)17-21(18,19)13-7-11(15)6-10-3-5-20-14(10)13/h2,4,6-8,17H,3,5H2,1H3. The highest BCUT2D eigenvalue weighted by atomic mass is 35.5. The van der Waals surface area contributed by atoms with Gasteiger partial charge in [0.15, 0.2) is 0 Å². The van der Waals surface area contributed by atoms with E-state index in [0.717, 1.165) is 11.1 Å². The number of anilines is 1. The van der Waals surface area contributed by atoms with Crippen LogP contribution in [0.1, 0.15) is 11.1 Å². The van der Waals surface area contributed by atoms with Crippen molar-refractivity contribution in [1.29, 1.82) is 0 Å². The van der Waals surface area contributed by atoms with Gasteiger partial charge in [-0.2, -0.15) is 0 Å². The van der Waals surface area contributed by atoms with Crippen LogP contribution in [-0.2, 0) is 16.4 Å². The fraction of sp³-hybridized carbons (Fsp3) is 0.214. The van der Waals surface area contributed by atoms with Crippen molar-refractivity contribution in [3.63, 3.8) is 0 Å². The number of aryl methyl sites for hydroxylation is 1. The third kappa shape index (κ3) is 2.69. The Hall–Kier alpha value is -1.79. The first-order valence-corrected chi connectivity index (χ1v) is 8.22. The van der Waals surface area contributed by atoms with Crippen molar-refractivity contribution < 1.29 is 13.2 Å². The molecule has 0 radical (unpaired) electrons. The third-order valence-corrected chi connectivity index (χ3v) is 4.88. The Morgan fingerprint density at radius 1 is 1.38 bits per heavy atom. The van der Waals surface area contributed by atoms with Crippen LogP contribution >= 0.6 is 11.6 Å². The number of hydrogen-bond acceptors (Lipinski definition) is 4. The van der Waals surface area contributed by atoms with Crippen LogP contribution in [0.2, 0.25) is 5.02 Å². The molecule has 0 aliphatic carbocycles. The smallest absolute Gasteiger partial charge is 0.265 e. The van der Waals surface area contributed by atoms with E-state index in [9.17, 15) is 8.42 Å². The van der Waals surface area contributed by atoms with Gasteiger partial charge in [0, 0.05) is 23.2 Å². The largest absolute Gasteiger partial charge is 0.492 e. The minimum Gasteiger partial charge on any atom is -0.492 e. The second-order valence-electron chi connectivity index (χ2n) is 4.79. The second kappa shape index (κ2) is 5.20. The molecule has 0 saturated heterocycles. The molecule has 110 valence electrons. The molecule has 1 N–H and O–H groups in total. The summed E-state index contributed by atoms with van der Waals surface area (Å²) >= 11 is 6.01. The maximum Gasteiger partial charge on any atom is 0.265 e. The summed E-state index contributed by atoms with van der Waals surface area (Å²) in [5.74, 6) is 0.383. The summed E-state index contributed by atoms with van der Waals surface area (Å²) in [5, 5.41) is 0.377. The first-order valence-electron chi connectivity index (χ1n) is 6.36. The lowest BCUT2D eigenvalue weighted by atomic mass is 10.2. The van der Waals surface area contributed by atoms with Gasteiger partial charge < -0.3 is 4.74 Å². The zero-order valence-electron chi connectivity index (χ0n) is 11.3. The second-order valence-corrected chi connectivity index (χ2v) is 6.87. The molecule has 0 saturated carbocycles. The van der Waals surface area contributed by atoms with Crippen LogP contribution in [0.5, 0.6) is 5.75 Å². The number of hydrogen-bond donors (Lipinski definition) is 1. The van der Waals surface area contributed by atoms with Crippen LogP contribution in [0.15, 0.2) is 35.5 Å². The Morgan fingerprint density at radius 3 is 2.95 bits per heavy atom. The molecule has 2 heterocycles. The van der Waals surface area contributed by atoms with E-state index >= 15 is 0 Å². The molecule has 0 bridgehead atoms. The van der Waals surface area contributed by atoms with Gasteiger partial charge in [-0.15, -0.1) is 0 Å². The fourth-order valence-corrected chi connectivity index (χ4v) is 3.84. The van der Waals surface area contributed by atoms with Crippen LogP contribution in [0, 0.1) is 6.92 Å². The van der Waals surface area contributed by atoms with Crippen molar-refractivity contribution in [3.05, 3.63) is 46.7 Å². The first kappa shape index (κ1) is 14.2. The van der Waals surface area contributed by atoms with Gasteiger partial charge in [-0.3, -0.25) is 9.71 Å². The summed E-state index contributed by atoms with van der Waals surface area (Å²) in [6, 6.07) is 4.87. The minimum atomic E-state index is -3.78. The van der Waals surface area contributed by atoms with E-state index in [0.29, 0.717) is 29.5 Å². The van der Waals surface area contributed by atoms with Gasteiger partial charge in [0.1, 0.15) is 10.6 Å². The highest BCUT2D eigenvalue weighted by Gasteiger charge is 2.26. The molecular weight excluding hydrogens is 312 g/mol. The molecule has 0 fully saturated rings. The maximum absolute atomic E-state index is 12.6. The number of sulfonamides is 1. The quantitative estimate of drug-likeness (QED) is 0.942. The molecular formula is C14H13ClN2O3S. The normalized spacial score (nSPS) is 13.6. The van der Waals surface area contributed by atoms with Crippen molar-refractivity contribution >= 4 is 27.3 Å². The number of rotatable bonds is 3. The number of benzene rings is 1. The van der Waals surface area contributed by atoms with Crippen LogP contribution in [0.4, 0.5) is 5.69 Å². The van der Waals surface area contributed by atoms with Crippen LogP contribution < -0.4 is 9.46 Å². The Kier molecular flexibility index (Phi) is 3.51. The molecule has 1 aliphatic rings. The lowest BCUT2D eigenvalue weighted by molar-refractivity contribution is 0.348. The predicted molar refractivity (Wildman–Crippen MR) is 80.4 cm³/mol. The summed E-state index contributed by atoms with van der Waals surface area (Å²) in [4.78, 5) is 3.99. The molecule has 21 heavy (non-hydrogen) atoms. The molecule has 0 unspecified atom stereocenters. The van der Waals surface area contributed by atoms with Gasteiger partial charge in [-0.1, -0.05) is 11.6 Å². The molecule has 1 aromatic heterocycles. The van der Waals surface area contributed by atoms with Crippen molar-refractivity contribution in [2.45, 2.75) is 18.2 Å². The Labute approximate surface area is 128 Å². The number of aromatic nitrogens is 1. The van der Waals surface area contributed by atoms with Gasteiger partial charge in [0.05, 0.1) is 18.5 Å². The SMILES string of the molecule is Cc1ccncc1NS(=O)(=O)c1cc(Cl)cc2c1OCC2. The van der Waals surface area contributed by atoms with Crippen LogP contribution in [0.3, 0.4) is 0 Å². The molecule has 0 spiro atoms. The van der Waals surface area contributed by atoms with Crippen molar-refractivity contribution in [2.24, 2.45) is 0 Å². The number of nitrogens with one attached hydrogen (secondary N) is 1. The van der Waals surface area contributed by atoms with E-state index in [2.05, 4.69) is 9.71 Å². The van der Waals surface area contributed by atoms with Gasteiger partial charge in [0.25, 0.3) is 10.0 Å². The van der Waals surface area contributed by atoms with Crippen LogP contribution in [0.25, 0.3) is 0 Å². The Bertz CT molecular complexity index is 806. The highest BCUT2D eigenvalue weighted by Crippen LogP contribution is 2.36. The van der Waals surface area contributed by atoms with Crippen molar-refractivity contribution in [2.75, 3.05) is 11.3 Å². The first-order chi connectivity index (χ1) is 9.97. The lowest BCUT2D eigenvalue weighted by Crippen LogP contribution is -2.15. The van der Waals surface area contributed by atoms with E-state index in [4.69, 9.17) is 16.3 Å². The molecule has 0 amide bonds. The number of pyridine rings is 1. The molecule has 1 aliphatic heterocycles. The van der Waals surface area contributed by atoms with E-state index in [1.54, 1.807) is 25.3 Å². The topological polar surface area (TPSA) is 68.3 Å². The zero-order valence-corrected chi connectivity index (χ0v) is 12.8. The molecule has 1 aromatic carbocycles. The summed E-state index contributed by atoms with van der Waals surface area (Å²) < 4.78 is 33.2. The zero-order chi connectivity index (χ0) is 15.0. The molecule has 0 atom stereocenters. The molecule has 5 nitrogen and oxygen atoms in total. The van der Waals surface area contributed by atoms with E-state index in [-0.39, 0.29) is 4.90 Å². The van der Waals surface area contributed by atoms with E-state index < -0.39 is 10.0 Å². The third-order valence-electron chi connectivity index (χ3n) is 3.29. The monoisotopic (exact) mass is 324 g/mol. The van der Waals surface area contributed by atoms with Gasteiger partial charge in [-0.05, 0) is 30.7 Å². The van der Waals surface area contributed by atoms with Gasteiger partial charge in [-0.25, -0.2) is 8.42 Å². The predicted octanol–water partition coefficient (Wildman–Crippen LogP) is 2.78. The summed E-state index contributed by atoms with van der Waals surface area (Å²) in [5.41, 5.74) is 2.03. The van der Waals surface area contributed by atoms with Gasteiger partial charge >= 0.3 is 0 Å². The minimum absolute atomic E-state index is 0.0609. The number of nitrogens with zero attached hydrogens (tertiary/aromatic N) is 1. The maximum atomic E-state index is 12.6. The number of fused-ring (bicyclic) bond motifs is 1. The summed E-state index contributed by atoms with van der Waals surface area (Å²) in [6.45, 7) is 2.27. The van der Waals surface area contributed by atoms with Crippen LogP contribution in [-0.4, -0.2) is 20.0 Å². The summed E-state index contributed by atoms with van der Waals surface area (Å²) in [6.07, 6.45) is 3.73. The van der Waals surface area contributed by atoms with E-state index in [1.807, 2.05) is 0 Å². The number of ether oxygens (including phenoxy) is 1. The van der Waals surface area contributed by atoms with Crippen molar-refractivity contribution in [1.82, 2.24) is 4.98 Å². The molecule has 7 heteroatoms. The van der Waals surface area contributed by atoms with Gasteiger partial charge in [0.2, 0.25) is 0 Å². The van der Waals surface area contributed by atoms with Crippen molar-refractivity contribution in [3.8, 4) is 5.75 Å². The lowest BCUT2D eigenvalue weighted by Gasteiger charge is -2.13. The Balaban J connectivity index is 2.06. The highest BCUT2D eigenvalue weighted by molar-refractivity contribution is 7.92. The molecule has 3 rings (SSSR count). The average molecular weight is 325 g/mol. The average Bonchev–Trinajstić information content (AvgIpc) is 2.88. The van der Waals surface area contributed by atoms with E-state index in [1.165, 1.54) is 12.3 Å².